The molecule has 1 atom stereocenters. The molecule has 114 valence electrons. The lowest BCUT2D eigenvalue weighted by Gasteiger charge is -2.12. The first kappa shape index (κ1) is 17.4. The summed E-state index contributed by atoms with van der Waals surface area (Å²) in [5.41, 5.74) is 1.99. The second kappa shape index (κ2) is 8.62. The molecule has 4 nitrogen and oxygen atoms in total. The summed E-state index contributed by atoms with van der Waals surface area (Å²) in [6, 6.07) is 4.97. The Balaban J connectivity index is 2.66. The summed E-state index contributed by atoms with van der Waals surface area (Å²) in [5.74, 6) is -1.40. The van der Waals surface area contributed by atoms with Crippen LogP contribution in [0.3, 0.4) is 0 Å². The van der Waals surface area contributed by atoms with Crippen LogP contribution in [0.4, 0.5) is 0 Å². The van der Waals surface area contributed by atoms with Crippen LogP contribution in [0.1, 0.15) is 37.3 Å². The number of hydrogen-bond donors (Lipinski definition) is 2. The van der Waals surface area contributed by atoms with Crippen molar-refractivity contribution in [3.8, 4) is 0 Å². The lowest BCUT2D eigenvalue weighted by molar-refractivity contribution is -0.141. The van der Waals surface area contributed by atoms with Crippen molar-refractivity contribution < 1.29 is 14.7 Å². The van der Waals surface area contributed by atoms with Crippen molar-refractivity contribution in [2.75, 3.05) is 0 Å². The highest BCUT2D eigenvalue weighted by molar-refractivity contribution is 9.10. The molecular weight excluding hydrogens is 334 g/mol. The van der Waals surface area contributed by atoms with Crippen molar-refractivity contribution in [3.63, 3.8) is 0 Å². The summed E-state index contributed by atoms with van der Waals surface area (Å²) in [6.07, 6.45) is 5.13. The van der Waals surface area contributed by atoms with Gasteiger partial charge in [0.25, 0.3) is 0 Å². The molecule has 1 aromatic rings. The first-order valence-electron chi connectivity index (χ1n) is 6.91. The van der Waals surface area contributed by atoms with Gasteiger partial charge in [-0.3, -0.25) is 4.79 Å². The molecule has 0 aliphatic heterocycles. The predicted molar refractivity (Wildman–Crippen MR) is 87.0 cm³/mol. The summed E-state index contributed by atoms with van der Waals surface area (Å²) in [5, 5.41) is 11.6. The number of halogens is 1. The molecule has 1 amide bonds. The van der Waals surface area contributed by atoms with Crippen molar-refractivity contribution in [2.45, 2.75) is 39.2 Å². The van der Waals surface area contributed by atoms with Crippen LogP contribution in [0.15, 0.2) is 28.7 Å². The molecule has 21 heavy (non-hydrogen) atoms. The Bertz CT molecular complexity index is 540. The topological polar surface area (TPSA) is 66.4 Å². The number of aliphatic carboxylic acids is 1. The van der Waals surface area contributed by atoms with Crippen LogP contribution >= 0.6 is 15.9 Å². The maximum atomic E-state index is 11.8. The van der Waals surface area contributed by atoms with Gasteiger partial charge in [-0.15, -0.1) is 0 Å². The number of unbranched alkanes of at least 4 members (excludes halogenated alkanes) is 1. The van der Waals surface area contributed by atoms with E-state index in [1.807, 2.05) is 32.0 Å². The zero-order valence-corrected chi connectivity index (χ0v) is 13.8. The molecule has 0 saturated carbocycles. The van der Waals surface area contributed by atoms with Crippen LogP contribution in [0.25, 0.3) is 6.08 Å². The van der Waals surface area contributed by atoms with Crippen LogP contribution in [0, 0.1) is 6.92 Å². The molecule has 0 aliphatic carbocycles. The van der Waals surface area contributed by atoms with Crippen LogP contribution in [0.2, 0.25) is 0 Å². The molecule has 0 fully saturated rings. The quantitative estimate of drug-likeness (QED) is 0.736. The molecule has 0 heterocycles. The largest absolute Gasteiger partial charge is 0.480 e. The normalized spacial score (nSPS) is 12.3. The maximum absolute atomic E-state index is 11.8. The Labute approximate surface area is 133 Å². The van der Waals surface area contributed by atoms with Crippen molar-refractivity contribution in [3.05, 3.63) is 39.9 Å². The molecule has 0 saturated heterocycles. The smallest absolute Gasteiger partial charge is 0.326 e. The Kier molecular flexibility index (Phi) is 7.15. The molecule has 1 aromatic carbocycles. The van der Waals surface area contributed by atoms with E-state index in [-0.39, 0.29) is 0 Å². The van der Waals surface area contributed by atoms with Crippen LogP contribution in [-0.4, -0.2) is 23.0 Å². The van der Waals surface area contributed by atoms with E-state index in [1.54, 1.807) is 6.08 Å². The number of carboxylic acids is 1. The summed E-state index contributed by atoms with van der Waals surface area (Å²) >= 11 is 3.43. The molecular formula is C16H20BrNO3. The number of carbonyl (C=O) groups excluding carboxylic acids is 1. The second-order valence-corrected chi connectivity index (χ2v) is 5.75. The molecule has 0 bridgehead atoms. The van der Waals surface area contributed by atoms with Crippen molar-refractivity contribution in [1.82, 2.24) is 5.32 Å². The fourth-order valence-electron chi connectivity index (χ4n) is 1.82. The van der Waals surface area contributed by atoms with E-state index in [4.69, 9.17) is 5.11 Å². The Hall–Kier alpha value is -1.62. The van der Waals surface area contributed by atoms with Gasteiger partial charge in [-0.05, 0) is 36.6 Å². The zero-order valence-electron chi connectivity index (χ0n) is 12.2. The fraction of sp³-hybridized carbons (Fsp3) is 0.375. The summed E-state index contributed by atoms with van der Waals surface area (Å²) in [7, 11) is 0. The van der Waals surface area contributed by atoms with Crippen molar-refractivity contribution >= 4 is 33.9 Å². The molecule has 1 rings (SSSR count). The van der Waals surface area contributed by atoms with Gasteiger partial charge in [-0.1, -0.05) is 47.8 Å². The molecule has 2 N–H and O–H groups in total. The first-order chi connectivity index (χ1) is 9.93. The van der Waals surface area contributed by atoms with Crippen LogP contribution in [0.5, 0.6) is 0 Å². The highest BCUT2D eigenvalue weighted by atomic mass is 79.9. The van der Waals surface area contributed by atoms with Gasteiger partial charge in [0.2, 0.25) is 5.91 Å². The number of amides is 1. The van der Waals surface area contributed by atoms with Gasteiger partial charge >= 0.3 is 5.97 Å². The van der Waals surface area contributed by atoms with Crippen LogP contribution < -0.4 is 5.32 Å². The second-order valence-electron chi connectivity index (χ2n) is 4.90. The Morgan fingerprint density at radius 1 is 1.43 bits per heavy atom. The number of rotatable bonds is 7. The number of carboxylic acid groups (broad SMARTS) is 1. The van der Waals surface area contributed by atoms with E-state index in [2.05, 4.69) is 21.2 Å². The van der Waals surface area contributed by atoms with E-state index in [9.17, 15) is 9.59 Å². The minimum absolute atomic E-state index is 0.397. The van der Waals surface area contributed by atoms with Gasteiger partial charge in [0.15, 0.2) is 0 Å². The SMILES string of the molecule is CCCCC(NC(=O)/C=C/c1ccc(C)cc1Br)C(=O)O. The summed E-state index contributed by atoms with van der Waals surface area (Å²) in [4.78, 5) is 22.9. The number of aryl methyl sites for hydroxylation is 1. The molecule has 0 aromatic heterocycles. The molecule has 0 radical (unpaired) electrons. The third kappa shape index (κ3) is 6.12. The zero-order chi connectivity index (χ0) is 15.8. The van der Waals surface area contributed by atoms with E-state index in [1.165, 1.54) is 6.08 Å². The van der Waals surface area contributed by atoms with E-state index in [0.717, 1.165) is 28.4 Å². The molecule has 0 spiro atoms. The molecule has 1 unspecified atom stereocenters. The summed E-state index contributed by atoms with van der Waals surface area (Å²) in [6.45, 7) is 3.96. The lowest BCUT2D eigenvalue weighted by Crippen LogP contribution is -2.39. The van der Waals surface area contributed by atoms with Gasteiger partial charge in [-0.2, -0.15) is 0 Å². The molecule has 5 heteroatoms. The predicted octanol–water partition coefficient (Wildman–Crippen LogP) is 3.53. The first-order valence-corrected chi connectivity index (χ1v) is 7.71. The highest BCUT2D eigenvalue weighted by Crippen LogP contribution is 2.19. The number of benzene rings is 1. The van der Waals surface area contributed by atoms with Gasteiger partial charge in [0.1, 0.15) is 6.04 Å². The third-order valence-corrected chi connectivity index (χ3v) is 3.72. The van der Waals surface area contributed by atoms with Gasteiger partial charge < -0.3 is 10.4 Å². The highest BCUT2D eigenvalue weighted by Gasteiger charge is 2.17. The van der Waals surface area contributed by atoms with E-state index < -0.39 is 17.9 Å². The standard InChI is InChI=1S/C16H20BrNO3/c1-3-4-5-14(16(20)21)18-15(19)9-8-12-7-6-11(2)10-13(12)17/h6-10,14H,3-5H2,1-2H3,(H,18,19)(H,20,21)/b9-8+. The van der Waals surface area contributed by atoms with Crippen LogP contribution in [-0.2, 0) is 9.59 Å². The number of carbonyl (C=O) groups is 2. The monoisotopic (exact) mass is 353 g/mol. The van der Waals surface area contributed by atoms with Gasteiger partial charge in [0, 0.05) is 10.5 Å². The van der Waals surface area contributed by atoms with Gasteiger partial charge in [-0.25, -0.2) is 4.79 Å². The lowest BCUT2D eigenvalue weighted by atomic mass is 10.1. The summed E-state index contributed by atoms with van der Waals surface area (Å²) < 4.78 is 0.896. The number of hydrogen-bond acceptors (Lipinski definition) is 2. The van der Waals surface area contributed by atoms with E-state index >= 15 is 0 Å². The minimum Gasteiger partial charge on any atom is -0.480 e. The van der Waals surface area contributed by atoms with Crippen molar-refractivity contribution in [1.29, 1.82) is 0 Å². The third-order valence-electron chi connectivity index (χ3n) is 3.03. The Morgan fingerprint density at radius 3 is 2.71 bits per heavy atom. The average molecular weight is 354 g/mol. The average Bonchev–Trinajstić information content (AvgIpc) is 2.42. The van der Waals surface area contributed by atoms with Crippen molar-refractivity contribution in [2.24, 2.45) is 0 Å². The molecule has 0 aliphatic rings. The Morgan fingerprint density at radius 2 is 2.14 bits per heavy atom. The van der Waals surface area contributed by atoms with E-state index in [0.29, 0.717) is 6.42 Å². The van der Waals surface area contributed by atoms with Gasteiger partial charge in [0.05, 0.1) is 0 Å². The maximum Gasteiger partial charge on any atom is 0.326 e. The minimum atomic E-state index is -0.998. The fourth-order valence-corrected chi connectivity index (χ4v) is 2.44. The number of nitrogens with one attached hydrogen (secondary N) is 1.